The fourth-order valence-electron chi connectivity index (χ4n) is 1.65. The van der Waals surface area contributed by atoms with Gasteiger partial charge in [-0.25, -0.2) is 0 Å². The molecule has 0 fully saturated rings. The van der Waals surface area contributed by atoms with Crippen molar-refractivity contribution in [2.75, 3.05) is 13.2 Å². The summed E-state index contributed by atoms with van der Waals surface area (Å²) in [4.78, 5) is 23.0. The van der Waals surface area contributed by atoms with E-state index in [1.807, 2.05) is 6.92 Å². The van der Waals surface area contributed by atoms with Gasteiger partial charge in [0.2, 0.25) is 5.91 Å². The number of carbonyl (C=O) groups excluding carboxylic acids is 2. The molecule has 0 radical (unpaired) electrons. The second kappa shape index (κ2) is 11.2. The Hall–Kier alpha value is -0.900. The second-order valence-electron chi connectivity index (χ2n) is 4.59. The molecule has 0 aromatic rings. The van der Waals surface area contributed by atoms with Crippen LogP contribution in [0.4, 0.5) is 0 Å². The molecule has 1 atom stereocenters. The minimum Gasteiger partial charge on any atom is -0.381 e. The van der Waals surface area contributed by atoms with Crippen molar-refractivity contribution in [3.05, 3.63) is 0 Å². The van der Waals surface area contributed by atoms with Gasteiger partial charge in [-0.1, -0.05) is 33.1 Å². The molecule has 0 aliphatic carbocycles. The van der Waals surface area contributed by atoms with E-state index in [9.17, 15) is 9.59 Å². The van der Waals surface area contributed by atoms with Gasteiger partial charge < -0.3 is 10.1 Å². The maximum Gasteiger partial charge on any atom is 0.222 e. The van der Waals surface area contributed by atoms with E-state index in [1.165, 1.54) is 6.92 Å². The first-order chi connectivity index (χ1) is 8.61. The maximum atomic E-state index is 11.6. The van der Waals surface area contributed by atoms with Gasteiger partial charge in [0.05, 0.1) is 12.6 Å². The number of rotatable bonds is 11. The number of hydrogen-bond acceptors (Lipinski definition) is 3. The van der Waals surface area contributed by atoms with Crippen LogP contribution in [0.25, 0.3) is 0 Å². The van der Waals surface area contributed by atoms with E-state index in [-0.39, 0.29) is 17.7 Å². The minimum absolute atomic E-state index is 0.0360. The molecule has 4 nitrogen and oxygen atoms in total. The maximum absolute atomic E-state index is 11.6. The van der Waals surface area contributed by atoms with Crippen molar-refractivity contribution in [2.24, 2.45) is 0 Å². The Morgan fingerprint density at radius 3 is 2.39 bits per heavy atom. The zero-order valence-corrected chi connectivity index (χ0v) is 12.0. The Labute approximate surface area is 110 Å². The van der Waals surface area contributed by atoms with Gasteiger partial charge in [-0.2, -0.15) is 0 Å². The number of Topliss-reactive ketones (excluding diaryl/α,β-unsaturated/α-hetero) is 1. The SMILES string of the molecule is CCCCCC(NC(=O)CCOCCC)C(C)=O. The second-order valence-corrected chi connectivity index (χ2v) is 4.59. The van der Waals surface area contributed by atoms with Crippen LogP contribution < -0.4 is 5.32 Å². The minimum atomic E-state index is -0.324. The molecule has 1 N–H and O–H groups in total. The molecule has 1 unspecified atom stereocenters. The van der Waals surface area contributed by atoms with E-state index < -0.39 is 0 Å². The topological polar surface area (TPSA) is 55.4 Å². The van der Waals surface area contributed by atoms with Crippen LogP contribution in [0.1, 0.15) is 59.3 Å². The van der Waals surface area contributed by atoms with Gasteiger partial charge in [-0.05, 0) is 19.8 Å². The van der Waals surface area contributed by atoms with Gasteiger partial charge in [-0.3, -0.25) is 9.59 Å². The predicted molar refractivity (Wildman–Crippen MR) is 72.5 cm³/mol. The number of unbranched alkanes of at least 4 members (excludes halogenated alkanes) is 2. The third kappa shape index (κ3) is 9.16. The monoisotopic (exact) mass is 257 g/mol. The van der Waals surface area contributed by atoms with Crippen molar-refractivity contribution in [3.8, 4) is 0 Å². The molecule has 18 heavy (non-hydrogen) atoms. The number of nitrogens with one attached hydrogen (secondary N) is 1. The highest BCUT2D eigenvalue weighted by molar-refractivity contribution is 5.87. The fraction of sp³-hybridized carbons (Fsp3) is 0.857. The summed E-state index contributed by atoms with van der Waals surface area (Å²) in [6.45, 7) is 6.79. The van der Waals surface area contributed by atoms with Crippen molar-refractivity contribution in [1.29, 1.82) is 0 Å². The lowest BCUT2D eigenvalue weighted by Gasteiger charge is -2.15. The summed E-state index contributed by atoms with van der Waals surface area (Å²) in [5, 5.41) is 2.78. The zero-order chi connectivity index (χ0) is 13.8. The van der Waals surface area contributed by atoms with E-state index in [0.717, 1.165) is 32.1 Å². The number of carbonyl (C=O) groups is 2. The summed E-state index contributed by atoms with van der Waals surface area (Å²) in [6, 6.07) is -0.324. The van der Waals surface area contributed by atoms with Crippen LogP contribution in [0, 0.1) is 0 Å². The van der Waals surface area contributed by atoms with Gasteiger partial charge in [0.15, 0.2) is 5.78 Å². The predicted octanol–water partition coefficient (Wildman–Crippen LogP) is 2.46. The molecule has 0 aromatic heterocycles. The molecule has 0 rings (SSSR count). The summed E-state index contributed by atoms with van der Waals surface area (Å²) < 4.78 is 5.25. The van der Waals surface area contributed by atoms with Gasteiger partial charge >= 0.3 is 0 Å². The van der Waals surface area contributed by atoms with Crippen LogP contribution in [0.2, 0.25) is 0 Å². The van der Waals surface area contributed by atoms with Crippen molar-refractivity contribution >= 4 is 11.7 Å². The van der Waals surface area contributed by atoms with Gasteiger partial charge in [0.25, 0.3) is 0 Å². The first-order valence-electron chi connectivity index (χ1n) is 6.99. The highest BCUT2D eigenvalue weighted by Crippen LogP contribution is 2.04. The molecule has 106 valence electrons. The third-order valence-corrected chi connectivity index (χ3v) is 2.74. The lowest BCUT2D eigenvalue weighted by atomic mass is 10.1. The van der Waals surface area contributed by atoms with Crippen molar-refractivity contribution < 1.29 is 14.3 Å². The molecule has 0 heterocycles. The zero-order valence-electron chi connectivity index (χ0n) is 12.0. The van der Waals surface area contributed by atoms with Crippen molar-refractivity contribution in [3.63, 3.8) is 0 Å². The van der Waals surface area contributed by atoms with Gasteiger partial charge in [0.1, 0.15) is 0 Å². The lowest BCUT2D eigenvalue weighted by Crippen LogP contribution is -2.40. The van der Waals surface area contributed by atoms with E-state index in [0.29, 0.717) is 19.6 Å². The standard InChI is InChI=1S/C14H27NO3/c1-4-6-7-8-13(12(3)16)15-14(17)9-11-18-10-5-2/h13H,4-11H2,1-3H3,(H,15,17). The summed E-state index contributed by atoms with van der Waals surface area (Å²) in [5.41, 5.74) is 0. The first kappa shape index (κ1) is 17.1. The fourth-order valence-corrected chi connectivity index (χ4v) is 1.65. The van der Waals surface area contributed by atoms with Crippen LogP contribution >= 0.6 is 0 Å². The van der Waals surface area contributed by atoms with Gasteiger partial charge in [0, 0.05) is 13.0 Å². The number of amides is 1. The highest BCUT2D eigenvalue weighted by Gasteiger charge is 2.16. The summed E-state index contributed by atoms with van der Waals surface area (Å²) >= 11 is 0. The van der Waals surface area contributed by atoms with Crippen LogP contribution in [-0.4, -0.2) is 30.9 Å². The molecule has 0 saturated heterocycles. The van der Waals surface area contributed by atoms with Crippen molar-refractivity contribution in [1.82, 2.24) is 5.32 Å². The molecular weight excluding hydrogens is 230 g/mol. The molecule has 0 aliphatic rings. The molecule has 0 aromatic carbocycles. The smallest absolute Gasteiger partial charge is 0.222 e. The summed E-state index contributed by atoms with van der Waals surface area (Å²) in [5.74, 6) is -0.0586. The van der Waals surface area contributed by atoms with Crippen molar-refractivity contribution in [2.45, 2.75) is 65.3 Å². The number of ketones is 1. The molecular formula is C14H27NO3. The highest BCUT2D eigenvalue weighted by atomic mass is 16.5. The molecule has 0 spiro atoms. The van der Waals surface area contributed by atoms with Crippen LogP contribution in [0.5, 0.6) is 0 Å². The average Bonchev–Trinajstić information content (AvgIpc) is 2.33. The van der Waals surface area contributed by atoms with Gasteiger partial charge in [-0.15, -0.1) is 0 Å². The first-order valence-corrected chi connectivity index (χ1v) is 6.99. The average molecular weight is 257 g/mol. The normalized spacial score (nSPS) is 12.2. The van der Waals surface area contributed by atoms with Crippen LogP contribution in [-0.2, 0) is 14.3 Å². The lowest BCUT2D eigenvalue weighted by molar-refractivity contribution is -0.127. The Bertz CT molecular complexity index is 241. The summed E-state index contributed by atoms with van der Waals surface area (Å²) in [6.07, 6.45) is 5.22. The summed E-state index contributed by atoms with van der Waals surface area (Å²) in [7, 11) is 0. The molecule has 4 heteroatoms. The van der Waals surface area contributed by atoms with E-state index in [2.05, 4.69) is 12.2 Å². The molecule has 0 bridgehead atoms. The Balaban J connectivity index is 3.85. The Morgan fingerprint density at radius 1 is 1.11 bits per heavy atom. The van der Waals surface area contributed by atoms with Crippen LogP contribution in [0.15, 0.2) is 0 Å². The van der Waals surface area contributed by atoms with Crippen LogP contribution in [0.3, 0.4) is 0 Å². The number of hydrogen-bond donors (Lipinski definition) is 1. The van der Waals surface area contributed by atoms with E-state index in [1.54, 1.807) is 0 Å². The molecule has 1 amide bonds. The third-order valence-electron chi connectivity index (χ3n) is 2.74. The molecule has 0 saturated carbocycles. The largest absolute Gasteiger partial charge is 0.381 e. The Morgan fingerprint density at radius 2 is 1.83 bits per heavy atom. The van der Waals surface area contributed by atoms with E-state index >= 15 is 0 Å². The Kier molecular flexibility index (Phi) is 10.6. The number of ether oxygens (including phenoxy) is 1. The molecule has 0 aliphatic heterocycles. The van der Waals surface area contributed by atoms with E-state index in [4.69, 9.17) is 4.74 Å². The quantitative estimate of drug-likeness (QED) is 0.578.